The molecule has 4 heteroatoms. The summed E-state index contributed by atoms with van der Waals surface area (Å²) in [5.74, 6) is -0.876. The topological polar surface area (TPSA) is 62.2 Å². The first-order valence-corrected chi connectivity index (χ1v) is 3.89. The van der Waals surface area contributed by atoms with E-state index in [1.54, 1.807) is 30.6 Å². The van der Waals surface area contributed by atoms with Gasteiger partial charge in [0.25, 0.3) is 0 Å². The lowest BCUT2D eigenvalue weighted by Crippen LogP contribution is -2.28. The zero-order valence-corrected chi connectivity index (χ0v) is 6.77. The van der Waals surface area contributed by atoms with Crippen molar-refractivity contribution in [1.29, 1.82) is 0 Å². The molecule has 0 bridgehead atoms. The van der Waals surface area contributed by atoms with Crippen molar-refractivity contribution in [3.63, 3.8) is 0 Å². The van der Waals surface area contributed by atoms with Crippen LogP contribution >= 0.6 is 0 Å². The smallest absolute Gasteiger partial charge is 0.330 e. The summed E-state index contributed by atoms with van der Waals surface area (Å²) in [5, 5.41) is 11.6. The van der Waals surface area contributed by atoms with Crippen molar-refractivity contribution in [2.75, 3.05) is 5.32 Å². The Hall–Kier alpha value is -1.84. The van der Waals surface area contributed by atoms with Crippen molar-refractivity contribution >= 4 is 17.7 Å². The largest absolute Gasteiger partial charge is 0.479 e. The van der Waals surface area contributed by atoms with E-state index in [-0.39, 0.29) is 0 Å². The molecule has 1 aromatic rings. The third-order valence-corrected chi connectivity index (χ3v) is 1.90. The molecule has 1 aliphatic heterocycles. The standard InChI is InChI=1S/C9H8N2O2/c12-9(13)8-2-1-6-5-10-4-3-7(6)11-8/h1-5,8,11H,(H,12,13). The van der Waals surface area contributed by atoms with Crippen LogP contribution in [0, 0.1) is 0 Å². The molecule has 1 aromatic heterocycles. The van der Waals surface area contributed by atoms with Crippen LogP contribution in [0.3, 0.4) is 0 Å². The van der Waals surface area contributed by atoms with E-state index in [0.29, 0.717) is 0 Å². The molecule has 4 nitrogen and oxygen atoms in total. The molecule has 0 aliphatic carbocycles. The third-order valence-electron chi connectivity index (χ3n) is 1.90. The number of nitrogens with zero attached hydrogens (tertiary/aromatic N) is 1. The number of nitrogens with one attached hydrogen (secondary N) is 1. The number of hydrogen-bond donors (Lipinski definition) is 2. The summed E-state index contributed by atoms with van der Waals surface area (Å²) in [4.78, 5) is 14.6. The van der Waals surface area contributed by atoms with Gasteiger partial charge in [-0.05, 0) is 6.07 Å². The van der Waals surface area contributed by atoms with E-state index in [1.807, 2.05) is 0 Å². The van der Waals surface area contributed by atoms with Gasteiger partial charge in [-0.3, -0.25) is 4.98 Å². The van der Waals surface area contributed by atoms with Crippen LogP contribution < -0.4 is 5.32 Å². The molecule has 0 fully saturated rings. The van der Waals surface area contributed by atoms with Gasteiger partial charge in [0.05, 0.1) is 0 Å². The minimum Gasteiger partial charge on any atom is -0.479 e. The van der Waals surface area contributed by atoms with Crippen LogP contribution in [-0.2, 0) is 4.79 Å². The zero-order valence-electron chi connectivity index (χ0n) is 6.77. The molecule has 0 aromatic carbocycles. The van der Waals surface area contributed by atoms with E-state index < -0.39 is 12.0 Å². The number of carbonyl (C=O) groups is 1. The summed E-state index contributed by atoms with van der Waals surface area (Å²) in [7, 11) is 0. The Balaban J connectivity index is 2.34. The summed E-state index contributed by atoms with van der Waals surface area (Å²) in [5.41, 5.74) is 1.73. The van der Waals surface area contributed by atoms with Crippen molar-refractivity contribution in [3.05, 3.63) is 30.1 Å². The number of hydrogen-bond acceptors (Lipinski definition) is 3. The fourth-order valence-corrected chi connectivity index (χ4v) is 1.23. The number of fused-ring (bicyclic) bond motifs is 1. The van der Waals surface area contributed by atoms with Crippen molar-refractivity contribution in [2.24, 2.45) is 0 Å². The molecule has 13 heavy (non-hydrogen) atoms. The number of aromatic nitrogens is 1. The molecular weight excluding hydrogens is 168 g/mol. The molecule has 0 saturated carbocycles. The van der Waals surface area contributed by atoms with Gasteiger partial charge >= 0.3 is 5.97 Å². The predicted molar refractivity (Wildman–Crippen MR) is 48.3 cm³/mol. The van der Waals surface area contributed by atoms with Gasteiger partial charge in [0, 0.05) is 23.6 Å². The van der Waals surface area contributed by atoms with Crippen LogP contribution in [0.5, 0.6) is 0 Å². The first-order valence-electron chi connectivity index (χ1n) is 3.89. The summed E-state index contributed by atoms with van der Waals surface area (Å²) >= 11 is 0. The maximum Gasteiger partial charge on any atom is 0.330 e. The fourth-order valence-electron chi connectivity index (χ4n) is 1.23. The van der Waals surface area contributed by atoms with Crippen molar-refractivity contribution in [1.82, 2.24) is 4.98 Å². The number of pyridine rings is 1. The average molecular weight is 176 g/mol. The predicted octanol–water partition coefficient (Wildman–Crippen LogP) is 0.973. The molecule has 0 amide bonds. The first kappa shape index (κ1) is 7.79. The van der Waals surface area contributed by atoms with E-state index in [2.05, 4.69) is 10.3 Å². The van der Waals surface area contributed by atoms with Crippen molar-refractivity contribution in [3.8, 4) is 0 Å². The number of carboxylic acid groups (broad SMARTS) is 1. The monoisotopic (exact) mass is 176 g/mol. The van der Waals surface area contributed by atoms with Gasteiger partial charge < -0.3 is 10.4 Å². The summed E-state index contributed by atoms with van der Waals surface area (Å²) in [6.07, 6.45) is 6.69. The molecule has 1 aliphatic rings. The zero-order chi connectivity index (χ0) is 9.26. The van der Waals surface area contributed by atoms with E-state index in [9.17, 15) is 4.79 Å². The van der Waals surface area contributed by atoms with E-state index in [4.69, 9.17) is 5.11 Å². The molecule has 2 rings (SSSR count). The maximum atomic E-state index is 10.6. The van der Waals surface area contributed by atoms with Crippen molar-refractivity contribution < 1.29 is 9.90 Å². The van der Waals surface area contributed by atoms with Crippen LogP contribution in [0.15, 0.2) is 24.5 Å². The van der Waals surface area contributed by atoms with Gasteiger partial charge in [-0.15, -0.1) is 0 Å². The van der Waals surface area contributed by atoms with E-state index >= 15 is 0 Å². The summed E-state index contributed by atoms with van der Waals surface area (Å²) < 4.78 is 0. The molecule has 1 atom stereocenters. The second-order valence-electron chi connectivity index (χ2n) is 2.78. The number of rotatable bonds is 1. The number of anilines is 1. The van der Waals surface area contributed by atoms with E-state index in [1.165, 1.54) is 0 Å². The highest BCUT2D eigenvalue weighted by Crippen LogP contribution is 2.21. The third kappa shape index (κ3) is 1.38. The van der Waals surface area contributed by atoms with Crippen LogP contribution in [0.4, 0.5) is 5.69 Å². The molecule has 0 saturated heterocycles. The maximum absolute atomic E-state index is 10.6. The van der Waals surface area contributed by atoms with Crippen LogP contribution in [0.1, 0.15) is 5.56 Å². The highest BCUT2D eigenvalue weighted by molar-refractivity contribution is 5.85. The molecule has 1 unspecified atom stereocenters. The van der Waals surface area contributed by atoms with Gasteiger partial charge in [-0.2, -0.15) is 0 Å². The van der Waals surface area contributed by atoms with Gasteiger partial charge in [-0.1, -0.05) is 12.2 Å². The second-order valence-corrected chi connectivity index (χ2v) is 2.78. The number of aliphatic carboxylic acids is 1. The summed E-state index contributed by atoms with van der Waals surface area (Å²) in [6.45, 7) is 0. The Kier molecular flexibility index (Phi) is 1.73. The quantitative estimate of drug-likeness (QED) is 0.669. The normalized spacial score (nSPS) is 18.9. The molecule has 0 spiro atoms. The molecule has 0 radical (unpaired) electrons. The Morgan fingerprint density at radius 2 is 2.46 bits per heavy atom. The lowest BCUT2D eigenvalue weighted by atomic mass is 10.1. The van der Waals surface area contributed by atoms with Gasteiger partial charge in [0.1, 0.15) is 6.04 Å². The van der Waals surface area contributed by atoms with Gasteiger partial charge in [0.15, 0.2) is 0 Å². The van der Waals surface area contributed by atoms with Gasteiger partial charge in [0.2, 0.25) is 0 Å². The number of carboxylic acids is 1. The fraction of sp³-hybridized carbons (Fsp3) is 0.111. The highest BCUT2D eigenvalue weighted by Gasteiger charge is 2.17. The van der Waals surface area contributed by atoms with E-state index in [0.717, 1.165) is 11.3 Å². The molecule has 2 heterocycles. The lowest BCUT2D eigenvalue weighted by Gasteiger charge is -2.17. The lowest BCUT2D eigenvalue weighted by molar-refractivity contribution is -0.136. The Bertz CT molecular complexity index is 374. The van der Waals surface area contributed by atoms with Crippen molar-refractivity contribution in [2.45, 2.75) is 6.04 Å². The second kappa shape index (κ2) is 2.90. The molecule has 2 N–H and O–H groups in total. The highest BCUT2D eigenvalue weighted by atomic mass is 16.4. The first-order chi connectivity index (χ1) is 6.27. The molecular formula is C9H8N2O2. The molecule has 66 valence electrons. The van der Waals surface area contributed by atoms with Gasteiger partial charge in [-0.25, -0.2) is 4.79 Å². The Labute approximate surface area is 74.9 Å². The summed E-state index contributed by atoms with van der Waals surface area (Å²) in [6, 6.07) is 1.13. The Morgan fingerprint density at radius 3 is 3.23 bits per heavy atom. The minimum atomic E-state index is -0.876. The SMILES string of the molecule is O=C(O)C1C=Cc2cnccc2N1. The van der Waals surface area contributed by atoms with Crippen LogP contribution in [0.25, 0.3) is 6.08 Å². The average Bonchev–Trinajstić information content (AvgIpc) is 2.17. The Morgan fingerprint density at radius 1 is 1.62 bits per heavy atom. The van der Waals surface area contributed by atoms with Crippen LogP contribution in [0.2, 0.25) is 0 Å². The van der Waals surface area contributed by atoms with Crippen LogP contribution in [-0.4, -0.2) is 22.1 Å². The minimum absolute atomic E-state index is 0.630.